The second kappa shape index (κ2) is 6.02. The van der Waals surface area contributed by atoms with Crippen LogP contribution in [0.3, 0.4) is 0 Å². The van der Waals surface area contributed by atoms with Crippen LogP contribution in [-0.4, -0.2) is 30.6 Å². The summed E-state index contributed by atoms with van der Waals surface area (Å²) in [6, 6.07) is 4.69. The molecule has 1 aromatic carbocycles. The zero-order valence-electron chi connectivity index (χ0n) is 10.3. The SMILES string of the molecule is CC1CCN(S(=O)(=O)c2ccc(Cl)c(Br)c2)CC1Br. The van der Waals surface area contributed by atoms with Gasteiger partial charge in [0, 0.05) is 22.4 Å². The van der Waals surface area contributed by atoms with Gasteiger partial charge in [0.1, 0.15) is 0 Å². The fourth-order valence-electron chi connectivity index (χ4n) is 2.00. The topological polar surface area (TPSA) is 37.4 Å². The van der Waals surface area contributed by atoms with Crippen molar-refractivity contribution < 1.29 is 8.42 Å². The van der Waals surface area contributed by atoms with Gasteiger partial charge in [-0.05, 0) is 46.5 Å². The number of hydrogen-bond donors (Lipinski definition) is 0. The van der Waals surface area contributed by atoms with Crippen LogP contribution in [0.1, 0.15) is 13.3 Å². The summed E-state index contributed by atoms with van der Waals surface area (Å²) in [4.78, 5) is 0.477. The Kier molecular flexibility index (Phi) is 4.99. The number of benzene rings is 1. The molecule has 3 nitrogen and oxygen atoms in total. The summed E-state index contributed by atoms with van der Waals surface area (Å²) in [7, 11) is -3.44. The quantitative estimate of drug-likeness (QED) is 0.666. The second-order valence-corrected chi connectivity index (χ2v) is 9.10. The number of sulfonamides is 1. The zero-order chi connectivity index (χ0) is 14.2. The standard InChI is InChI=1S/C12H14Br2ClNO2S/c1-8-4-5-16(7-11(8)14)19(17,18)9-2-3-12(15)10(13)6-9/h2-3,6,8,11H,4-5,7H2,1H3. The molecule has 0 amide bonds. The third kappa shape index (κ3) is 3.35. The van der Waals surface area contributed by atoms with Crippen molar-refractivity contribution in [1.82, 2.24) is 4.31 Å². The third-order valence-electron chi connectivity index (χ3n) is 3.36. The van der Waals surface area contributed by atoms with Crippen molar-refractivity contribution >= 4 is 53.5 Å². The molecule has 1 heterocycles. The Labute approximate surface area is 135 Å². The molecule has 19 heavy (non-hydrogen) atoms. The van der Waals surface area contributed by atoms with Crippen molar-refractivity contribution in [2.45, 2.75) is 23.1 Å². The van der Waals surface area contributed by atoms with Crippen LogP contribution in [0.5, 0.6) is 0 Å². The molecule has 106 valence electrons. The highest BCUT2D eigenvalue weighted by atomic mass is 79.9. The second-order valence-electron chi connectivity index (χ2n) is 4.72. The first-order valence-electron chi connectivity index (χ1n) is 5.91. The van der Waals surface area contributed by atoms with Crippen LogP contribution in [-0.2, 0) is 10.0 Å². The normalized spacial score (nSPS) is 25.5. The minimum absolute atomic E-state index is 0.201. The summed E-state index contributed by atoms with van der Waals surface area (Å²) >= 11 is 12.7. The molecule has 0 aliphatic carbocycles. The summed E-state index contributed by atoms with van der Waals surface area (Å²) < 4.78 is 27.2. The predicted octanol–water partition coefficient (Wildman–Crippen LogP) is 3.90. The molecule has 2 rings (SSSR count). The van der Waals surface area contributed by atoms with Crippen molar-refractivity contribution in [2.24, 2.45) is 5.92 Å². The van der Waals surface area contributed by atoms with Gasteiger partial charge >= 0.3 is 0 Å². The average molecular weight is 432 g/mol. The van der Waals surface area contributed by atoms with Gasteiger partial charge in [0.15, 0.2) is 0 Å². The molecule has 2 unspecified atom stereocenters. The van der Waals surface area contributed by atoms with Crippen LogP contribution in [0.15, 0.2) is 27.6 Å². The largest absolute Gasteiger partial charge is 0.243 e. The van der Waals surface area contributed by atoms with Gasteiger partial charge in [-0.1, -0.05) is 34.5 Å². The summed E-state index contributed by atoms with van der Waals surface area (Å²) in [5, 5.41) is 0.504. The molecule has 0 spiro atoms. The molecule has 0 bridgehead atoms. The van der Waals surface area contributed by atoms with E-state index < -0.39 is 10.0 Å². The van der Waals surface area contributed by atoms with Crippen LogP contribution in [0, 0.1) is 5.92 Å². The van der Waals surface area contributed by atoms with Crippen LogP contribution in [0.25, 0.3) is 0 Å². The molecule has 1 fully saturated rings. The minimum Gasteiger partial charge on any atom is -0.207 e. The van der Waals surface area contributed by atoms with Crippen LogP contribution in [0.2, 0.25) is 5.02 Å². The Balaban J connectivity index is 2.29. The van der Waals surface area contributed by atoms with Crippen LogP contribution >= 0.6 is 43.5 Å². The van der Waals surface area contributed by atoms with Crippen LogP contribution in [0.4, 0.5) is 0 Å². The summed E-state index contributed by atoms with van der Waals surface area (Å²) in [6.07, 6.45) is 0.865. The first kappa shape index (κ1) is 15.8. The van der Waals surface area contributed by atoms with E-state index in [2.05, 4.69) is 38.8 Å². The highest BCUT2D eigenvalue weighted by Gasteiger charge is 2.32. The monoisotopic (exact) mass is 429 g/mol. The summed E-state index contributed by atoms with van der Waals surface area (Å²) in [5.41, 5.74) is 0. The maximum atomic E-state index is 12.5. The van der Waals surface area contributed by atoms with E-state index in [9.17, 15) is 8.42 Å². The minimum atomic E-state index is -3.44. The van der Waals surface area contributed by atoms with Gasteiger partial charge in [0.2, 0.25) is 10.0 Å². The van der Waals surface area contributed by atoms with Gasteiger partial charge in [-0.25, -0.2) is 8.42 Å². The van der Waals surface area contributed by atoms with Gasteiger partial charge < -0.3 is 0 Å². The smallest absolute Gasteiger partial charge is 0.207 e. The van der Waals surface area contributed by atoms with E-state index in [4.69, 9.17) is 11.6 Å². The van der Waals surface area contributed by atoms with Gasteiger partial charge in [0.25, 0.3) is 0 Å². The van der Waals surface area contributed by atoms with E-state index in [1.807, 2.05) is 0 Å². The maximum Gasteiger partial charge on any atom is 0.243 e. The number of nitrogens with zero attached hydrogens (tertiary/aromatic N) is 1. The molecule has 2 atom stereocenters. The Morgan fingerprint density at radius 3 is 2.68 bits per heavy atom. The first-order chi connectivity index (χ1) is 8.82. The average Bonchev–Trinajstić information content (AvgIpc) is 2.35. The molecule has 1 saturated heterocycles. The number of hydrogen-bond acceptors (Lipinski definition) is 2. The number of halogens is 3. The first-order valence-corrected chi connectivity index (χ1v) is 9.44. The summed E-state index contributed by atoms with van der Waals surface area (Å²) in [5.74, 6) is 0.489. The molecule has 1 aliphatic rings. The highest BCUT2D eigenvalue weighted by Crippen LogP contribution is 2.30. The Bertz CT molecular complexity index is 579. The maximum absolute atomic E-state index is 12.5. The molecular formula is C12H14Br2ClNO2S. The Morgan fingerprint density at radius 1 is 1.42 bits per heavy atom. The van der Waals surface area contributed by atoms with Gasteiger partial charge in [-0.3, -0.25) is 0 Å². The lowest BCUT2D eigenvalue weighted by Crippen LogP contribution is -2.43. The van der Waals surface area contributed by atoms with Gasteiger partial charge in [0.05, 0.1) is 9.92 Å². The van der Waals surface area contributed by atoms with Crippen molar-refractivity contribution in [1.29, 1.82) is 0 Å². The van der Waals surface area contributed by atoms with E-state index >= 15 is 0 Å². The number of alkyl halides is 1. The fraction of sp³-hybridized carbons (Fsp3) is 0.500. The van der Waals surface area contributed by atoms with E-state index in [1.165, 1.54) is 4.31 Å². The lowest BCUT2D eigenvalue weighted by Gasteiger charge is -2.33. The van der Waals surface area contributed by atoms with Gasteiger partial charge in [-0.2, -0.15) is 4.31 Å². The predicted molar refractivity (Wildman–Crippen MR) is 84.4 cm³/mol. The summed E-state index contributed by atoms with van der Waals surface area (Å²) in [6.45, 7) is 3.19. The molecular weight excluding hydrogens is 417 g/mol. The molecule has 0 N–H and O–H groups in total. The van der Waals surface area contributed by atoms with Crippen molar-refractivity contribution in [2.75, 3.05) is 13.1 Å². The van der Waals surface area contributed by atoms with Crippen LogP contribution < -0.4 is 0 Å². The Morgan fingerprint density at radius 2 is 2.11 bits per heavy atom. The molecule has 7 heteroatoms. The lowest BCUT2D eigenvalue weighted by molar-refractivity contribution is 0.300. The fourth-order valence-corrected chi connectivity index (χ4v) is 4.96. The zero-order valence-corrected chi connectivity index (χ0v) is 15.1. The number of piperidine rings is 1. The molecule has 0 radical (unpaired) electrons. The van der Waals surface area contributed by atoms with E-state index in [-0.39, 0.29) is 9.72 Å². The third-order valence-corrected chi connectivity index (χ3v) is 7.63. The highest BCUT2D eigenvalue weighted by molar-refractivity contribution is 9.10. The molecule has 0 aromatic heterocycles. The van der Waals surface area contributed by atoms with Crippen molar-refractivity contribution in [3.8, 4) is 0 Å². The van der Waals surface area contributed by atoms with Gasteiger partial charge in [-0.15, -0.1) is 0 Å². The lowest BCUT2D eigenvalue weighted by atomic mass is 10.0. The molecule has 0 saturated carbocycles. The van der Waals surface area contributed by atoms with Crippen molar-refractivity contribution in [3.63, 3.8) is 0 Å². The van der Waals surface area contributed by atoms with Crippen molar-refractivity contribution in [3.05, 3.63) is 27.7 Å². The van der Waals surface area contributed by atoms with E-state index in [1.54, 1.807) is 18.2 Å². The molecule has 1 aliphatic heterocycles. The Hall–Kier alpha value is 0.380. The molecule has 1 aromatic rings. The van der Waals surface area contributed by atoms with E-state index in [0.717, 1.165) is 6.42 Å². The number of rotatable bonds is 2. The van der Waals surface area contributed by atoms with E-state index in [0.29, 0.717) is 28.5 Å².